The highest BCUT2D eigenvalue weighted by Crippen LogP contribution is 2.29. The third-order valence-corrected chi connectivity index (χ3v) is 3.97. The van der Waals surface area contributed by atoms with E-state index in [-0.39, 0.29) is 10.5 Å². The van der Waals surface area contributed by atoms with Crippen LogP contribution < -0.4 is 0 Å². The molecule has 4 heteroatoms. The summed E-state index contributed by atoms with van der Waals surface area (Å²) in [5.74, 6) is 1.64. The Morgan fingerprint density at radius 3 is 3.06 bits per heavy atom. The standard InChI is InChI=1S/C12H17NO2S/c1-12(2)9-13(5-7-16-12)8-10(14)11-4-3-6-15-11/h3-4,6H,5,7-9H2,1-2H3. The molecule has 2 rings (SSSR count). The normalized spacial score (nSPS) is 20.9. The minimum Gasteiger partial charge on any atom is -0.461 e. The summed E-state index contributed by atoms with van der Waals surface area (Å²) in [4.78, 5) is 14.1. The van der Waals surface area contributed by atoms with Crippen molar-refractivity contribution in [1.82, 2.24) is 4.90 Å². The predicted molar refractivity (Wildman–Crippen MR) is 66.0 cm³/mol. The summed E-state index contributed by atoms with van der Waals surface area (Å²) in [5, 5.41) is 0. The van der Waals surface area contributed by atoms with Crippen LogP contribution in [0.25, 0.3) is 0 Å². The van der Waals surface area contributed by atoms with Gasteiger partial charge in [-0.25, -0.2) is 0 Å². The lowest BCUT2D eigenvalue weighted by Crippen LogP contribution is -2.45. The number of thioether (sulfide) groups is 1. The van der Waals surface area contributed by atoms with E-state index in [9.17, 15) is 4.79 Å². The van der Waals surface area contributed by atoms with E-state index in [0.29, 0.717) is 12.3 Å². The summed E-state index contributed by atoms with van der Waals surface area (Å²) in [6, 6.07) is 3.48. The van der Waals surface area contributed by atoms with Crippen LogP contribution >= 0.6 is 11.8 Å². The Labute approximate surface area is 100 Å². The van der Waals surface area contributed by atoms with E-state index in [2.05, 4.69) is 18.7 Å². The number of carbonyl (C=O) groups is 1. The van der Waals surface area contributed by atoms with Crippen LogP contribution in [-0.4, -0.2) is 40.8 Å². The van der Waals surface area contributed by atoms with Crippen LogP contribution in [0.5, 0.6) is 0 Å². The van der Waals surface area contributed by atoms with Crippen molar-refractivity contribution in [3.63, 3.8) is 0 Å². The Balaban J connectivity index is 1.92. The first kappa shape index (κ1) is 11.7. The van der Waals surface area contributed by atoms with E-state index >= 15 is 0 Å². The lowest BCUT2D eigenvalue weighted by molar-refractivity contribution is 0.0900. The van der Waals surface area contributed by atoms with Crippen LogP contribution in [0, 0.1) is 0 Å². The molecule has 3 nitrogen and oxygen atoms in total. The number of hydrogen-bond acceptors (Lipinski definition) is 4. The van der Waals surface area contributed by atoms with Gasteiger partial charge in [-0.2, -0.15) is 11.8 Å². The van der Waals surface area contributed by atoms with Gasteiger partial charge in [-0.05, 0) is 26.0 Å². The highest BCUT2D eigenvalue weighted by atomic mass is 32.2. The van der Waals surface area contributed by atoms with Gasteiger partial charge in [0.1, 0.15) is 0 Å². The quantitative estimate of drug-likeness (QED) is 0.758. The molecule has 1 aromatic heterocycles. The molecule has 1 aromatic rings. The molecule has 0 atom stereocenters. The molecule has 1 aliphatic rings. The van der Waals surface area contributed by atoms with Crippen molar-refractivity contribution in [2.75, 3.05) is 25.4 Å². The van der Waals surface area contributed by atoms with Gasteiger partial charge in [0.15, 0.2) is 5.76 Å². The Hall–Kier alpha value is -0.740. The second-order valence-electron chi connectivity index (χ2n) is 4.72. The van der Waals surface area contributed by atoms with Gasteiger partial charge in [0, 0.05) is 23.6 Å². The molecule has 0 spiro atoms. The molecular formula is C12H17NO2S. The molecule has 0 saturated carbocycles. The van der Waals surface area contributed by atoms with E-state index < -0.39 is 0 Å². The first-order chi connectivity index (χ1) is 7.57. The molecule has 2 heterocycles. The van der Waals surface area contributed by atoms with Crippen LogP contribution in [0.3, 0.4) is 0 Å². The Kier molecular flexibility index (Phi) is 3.40. The molecule has 0 radical (unpaired) electrons. The number of Topliss-reactive ketones (excluding diaryl/α,β-unsaturated/α-hetero) is 1. The minimum atomic E-state index is 0.0766. The number of carbonyl (C=O) groups excluding carboxylic acids is 1. The Bertz CT molecular complexity index is 359. The topological polar surface area (TPSA) is 33.5 Å². The second kappa shape index (κ2) is 4.63. The molecular weight excluding hydrogens is 222 g/mol. The van der Waals surface area contributed by atoms with Crippen molar-refractivity contribution in [3.05, 3.63) is 24.2 Å². The molecule has 0 aliphatic carbocycles. The molecule has 1 aliphatic heterocycles. The molecule has 0 bridgehead atoms. The zero-order valence-corrected chi connectivity index (χ0v) is 10.5. The Morgan fingerprint density at radius 2 is 2.44 bits per heavy atom. The van der Waals surface area contributed by atoms with Gasteiger partial charge in [0.2, 0.25) is 5.78 Å². The van der Waals surface area contributed by atoms with Crippen LogP contribution in [0.15, 0.2) is 22.8 Å². The summed E-state index contributed by atoms with van der Waals surface area (Å²) in [6.07, 6.45) is 1.54. The van der Waals surface area contributed by atoms with Crippen LogP contribution in [0.4, 0.5) is 0 Å². The average Bonchev–Trinajstić information content (AvgIpc) is 2.68. The predicted octanol–water partition coefficient (Wildman–Crippen LogP) is 2.29. The van der Waals surface area contributed by atoms with E-state index in [1.54, 1.807) is 18.4 Å². The summed E-state index contributed by atoms with van der Waals surface area (Å²) in [5.41, 5.74) is 0. The number of furan rings is 1. The van der Waals surface area contributed by atoms with E-state index in [0.717, 1.165) is 18.8 Å². The summed E-state index contributed by atoms with van der Waals surface area (Å²) >= 11 is 1.97. The average molecular weight is 239 g/mol. The summed E-state index contributed by atoms with van der Waals surface area (Å²) < 4.78 is 5.36. The fourth-order valence-corrected chi connectivity index (χ4v) is 3.14. The first-order valence-corrected chi connectivity index (χ1v) is 6.48. The van der Waals surface area contributed by atoms with Crippen LogP contribution in [0.2, 0.25) is 0 Å². The van der Waals surface area contributed by atoms with E-state index in [1.807, 2.05) is 11.8 Å². The van der Waals surface area contributed by atoms with Crippen molar-refractivity contribution in [3.8, 4) is 0 Å². The number of nitrogens with zero attached hydrogens (tertiary/aromatic N) is 1. The maximum atomic E-state index is 11.8. The van der Waals surface area contributed by atoms with Crippen molar-refractivity contribution in [2.24, 2.45) is 0 Å². The van der Waals surface area contributed by atoms with Gasteiger partial charge < -0.3 is 4.42 Å². The monoisotopic (exact) mass is 239 g/mol. The highest BCUT2D eigenvalue weighted by Gasteiger charge is 2.28. The fraction of sp³-hybridized carbons (Fsp3) is 0.583. The maximum absolute atomic E-state index is 11.8. The van der Waals surface area contributed by atoms with Crippen molar-refractivity contribution in [2.45, 2.75) is 18.6 Å². The molecule has 0 aromatic carbocycles. The molecule has 0 unspecified atom stereocenters. The van der Waals surface area contributed by atoms with Crippen LogP contribution in [0.1, 0.15) is 24.4 Å². The number of ketones is 1. The number of rotatable bonds is 3. The van der Waals surface area contributed by atoms with E-state index in [4.69, 9.17) is 4.42 Å². The Morgan fingerprint density at radius 1 is 1.62 bits per heavy atom. The number of hydrogen-bond donors (Lipinski definition) is 0. The smallest absolute Gasteiger partial charge is 0.211 e. The molecule has 1 fully saturated rings. The van der Waals surface area contributed by atoms with Crippen molar-refractivity contribution < 1.29 is 9.21 Å². The molecule has 1 saturated heterocycles. The summed E-state index contributed by atoms with van der Waals surface area (Å²) in [6.45, 7) is 6.87. The zero-order chi connectivity index (χ0) is 11.6. The van der Waals surface area contributed by atoms with Crippen molar-refractivity contribution >= 4 is 17.5 Å². The molecule has 0 N–H and O–H groups in total. The largest absolute Gasteiger partial charge is 0.461 e. The second-order valence-corrected chi connectivity index (χ2v) is 6.52. The minimum absolute atomic E-state index is 0.0766. The van der Waals surface area contributed by atoms with Gasteiger partial charge in [0.05, 0.1) is 12.8 Å². The third-order valence-electron chi connectivity index (χ3n) is 2.67. The van der Waals surface area contributed by atoms with E-state index in [1.165, 1.54) is 0 Å². The highest BCUT2D eigenvalue weighted by molar-refractivity contribution is 8.00. The van der Waals surface area contributed by atoms with Crippen LogP contribution in [-0.2, 0) is 0 Å². The molecule has 88 valence electrons. The third kappa shape index (κ3) is 2.89. The van der Waals surface area contributed by atoms with Gasteiger partial charge in [-0.1, -0.05) is 0 Å². The van der Waals surface area contributed by atoms with Gasteiger partial charge in [0.25, 0.3) is 0 Å². The SMILES string of the molecule is CC1(C)CN(CC(=O)c2ccco2)CCS1. The lowest BCUT2D eigenvalue weighted by atomic mass is 10.1. The maximum Gasteiger partial charge on any atom is 0.211 e. The van der Waals surface area contributed by atoms with Gasteiger partial charge in [-0.3, -0.25) is 9.69 Å². The molecule has 16 heavy (non-hydrogen) atoms. The molecule has 0 amide bonds. The van der Waals surface area contributed by atoms with Crippen molar-refractivity contribution in [1.29, 1.82) is 0 Å². The first-order valence-electron chi connectivity index (χ1n) is 5.50. The van der Waals surface area contributed by atoms with Gasteiger partial charge >= 0.3 is 0 Å². The zero-order valence-electron chi connectivity index (χ0n) is 9.73. The lowest BCUT2D eigenvalue weighted by Gasteiger charge is -2.36. The fourth-order valence-electron chi connectivity index (χ4n) is 1.97. The summed E-state index contributed by atoms with van der Waals surface area (Å²) in [7, 11) is 0. The van der Waals surface area contributed by atoms with Gasteiger partial charge in [-0.15, -0.1) is 0 Å².